The summed E-state index contributed by atoms with van der Waals surface area (Å²) in [4.78, 5) is 12.0. The summed E-state index contributed by atoms with van der Waals surface area (Å²) in [6, 6.07) is 6.00. The number of halogens is 2. The Balaban J connectivity index is 2.52. The molecule has 0 saturated heterocycles. The number of rotatable bonds is 0. The first-order valence-corrected chi connectivity index (χ1v) is 6.11. The van der Waals surface area contributed by atoms with Crippen LogP contribution in [0.15, 0.2) is 18.2 Å². The van der Waals surface area contributed by atoms with Gasteiger partial charge in [0.05, 0.1) is 0 Å². The van der Waals surface area contributed by atoms with E-state index in [2.05, 4.69) is 44.8 Å². The summed E-state index contributed by atoms with van der Waals surface area (Å²) >= 11 is 6.83. The molecule has 0 atom stereocenters. The summed E-state index contributed by atoms with van der Waals surface area (Å²) in [5, 5.41) is 0. The normalized spacial score (nSPS) is 19.2. The van der Waals surface area contributed by atoms with Crippen molar-refractivity contribution >= 4 is 37.6 Å². The zero-order chi connectivity index (χ0) is 10.3. The second-order valence-corrected chi connectivity index (χ2v) is 7.47. The van der Waals surface area contributed by atoms with E-state index in [-0.39, 0.29) is 5.78 Å². The highest BCUT2D eigenvalue weighted by atomic mass is 79.9. The first-order chi connectivity index (χ1) is 6.50. The molecule has 0 N–H and O–H groups in total. The van der Waals surface area contributed by atoms with Crippen LogP contribution in [0.4, 0.5) is 0 Å². The van der Waals surface area contributed by atoms with Crippen molar-refractivity contribution in [3.05, 3.63) is 34.9 Å². The number of hydrogen-bond acceptors (Lipinski definition) is 1. The summed E-state index contributed by atoms with van der Waals surface area (Å²) in [6.45, 7) is 2.05. The molecule has 0 radical (unpaired) electrons. The number of Topliss-reactive ketones (excluding diaryl/α,β-unsaturated/α-hetero) is 1. The molecule has 1 aliphatic carbocycles. The van der Waals surface area contributed by atoms with E-state index < -0.39 is 3.23 Å². The van der Waals surface area contributed by atoms with E-state index in [9.17, 15) is 4.79 Å². The molecule has 1 aromatic carbocycles. The van der Waals surface area contributed by atoms with Gasteiger partial charge in [0, 0.05) is 5.56 Å². The Kier molecular flexibility index (Phi) is 2.56. The molecule has 14 heavy (non-hydrogen) atoms. The highest BCUT2D eigenvalue weighted by Gasteiger charge is 2.37. The standard InChI is InChI=1S/C11H10Br2O/c1-7-2-3-9-8(6-7)4-5-11(12,13)10(9)14/h2-3,6H,4-5H2,1H3. The Hall–Kier alpha value is -0.150. The fourth-order valence-corrected chi connectivity index (χ4v) is 2.58. The minimum atomic E-state index is -0.539. The lowest BCUT2D eigenvalue weighted by Crippen LogP contribution is -2.31. The minimum Gasteiger partial charge on any atom is -0.292 e. The van der Waals surface area contributed by atoms with Crippen LogP contribution in [-0.2, 0) is 6.42 Å². The van der Waals surface area contributed by atoms with Gasteiger partial charge in [0.15, 0.2) is 5.78 Å². The van der Waals surface area contributed by atoms with Crippen molar-refractivity contribution in [1.29, 1.82) is 0 Å². The molecule has 0 fully saturated rings. The van der Waals surface area contributed by atoms with Crippen LogP contribution >= 0.6 is 31.9 Å². The van der Waals surface area contributed by atoms with Gasteiger partial charge in [-0.05, 0) is 25.3 Å². The van der Waals surface area contributed by atoms with E-state index in [1.54, 1.807) is 0 Å². The van der Waals surface area contributed by atoms with Crippen LogP contribution in [0.2, 0.25) is 0 Å². The molecule has 74 valence electrons. The van der Waals surface area contributed by atoms with Gasteiger partial charge in [-0.15, -0.1) is 0 Å². The average Bonchev–Trinajstić information content (AvgIpc) is 2.12. The number of carbonyl (C=O) groups is 1. The highest BCUT2D eigenvalue weighted by Crippen LogP contribution is 2.40. The Bertz CT molecular complexity index is 396. The molecule has 0 unspecified atom stereocenters. The van der Waals surface area contributed by atoms with E-state index in [0.717, 1.165) is 18.4 Å². The molecule has 3 heteroatoms. The summed E-state index contributed by atoms with van der Waals surface area (Å²) in [5.74, 6) is 0.138. The van der Waals surface area contributed by atoms with Crippen molar-refractivity contribution in [3.63, 3.8) is 0 Å². The molecular formula is C11H10Br2O. The summed E-state index contributed by atoms with van der Waals surface area (Å²) < 4.78 is -0.539. The second kappa shape index (κ2) is 3.46. The third kappa shape index (κ3) is 1.68. The van der Waals surface area contributed by atoms with Crippen LogP contribution in [0.1, 0.15) is 27.9 Å². The molecule has 0 saturated carbocycles. The largest absolute Gasteiger partial charge is 0.292 e. The van der Waals surface area contributed by atoms with Gasteiger partial charge < -0.3 is 0 Å². The SMILES string of the molecule is Cc1ccc2c(c1)CCC(Br)(Br)C2=O. The number of hydrogen-bond donors (Lipinski definition) is 0. The van der Waals surface area contributed by atoms with Crippen molar-refractivity contribution in [1.82, 2.24) is 0 Å². The number of benzene rings is 1. The summed E-state index contributed by atoms with van der Waals surface area (Å²) in [5.41, 5.74) is 3.23. The fraction of sp³-hybridized carbons (Fsp3) is 0.364. The minimum absolute atomic E-state index is 0.138. The van der Waals surface area contributed by atoms with Gasteiger partial charge in [-0.2, -0.15) is 0 Å². The number of aryl methyl sites for hydroxylation is 2. The number of alkyl halides is 2. The summed E-state index contributed by atoms with van der Waals surface area (Å²) in [7, 11) is 0. The van der Waals surface area contributed by atoms with Crippen LogP contribution in [0, 0.1) is 6.92 Å². The van der Waals surface area contributed by atoms with Crippen molar-refractivity contribution in [3.8, 4) is 0 Å². The van der Waals surface area contributed by atoms with Crippen LogP contribution in [0.5, 0.6) is 0 Å². The third-order valence-electron chi connectivity index (χ3n) is 2.55. The molecule has 1 nitrogen and oxygen atoms in total. The predicted octanol–water partition coefficient (Wildman–Crippen LogP) is 3.61. The lowest BCUT2D eigenvalue weighted by atomic mass is 9.89. The maximum atomic E-state index is 12.0. The number of ketones is 1. The molecule has 1 aliphatic rings. The fourth-order valence-electron chi connectivity index (χ4n) is 1.75. The third-order valence-corrected chi connectivity index (χ3v) is 4.06. The number of fused-ring (bicyclic) bond motifs is 1. The van der Waals surface area contributed by atoms with Gasteiger partial charge >= 0.3 is 0 Å². The first-order valence-electron chi connectivity index (χ1n) is 4.53. The van der Waals surface area contributed by atoms with Crippen molar-refractivity contribution in [2.24, 2.45) is 0 Å². The van der Waals surface area contributed by atoms with E-state index in [0.29, 0.717) is 0 Å². The Morgan fingerprint density at radius 2 is 2.07 bits per heavy atom. The quantitative estimate of drug-likeness (QED) is 0.668. The first kappa shape index (κ1) is 10.4. The lowest BCUT2D eigenvalue weighted by Gasteiger charge is -2.26. The van der Waals surface area contributed by atoms with Crippen LogP contribution in [-0.4, -0.2) is 9.02 Å². The molecule has 0 aromatic heterocycles. The lowest BCUT2D eigenvalue weighted by molar-refractivity contribution is 0.0972. The van der Waals surface area contributed by atoms with Crippen LogP contribution in [0.25, 0.3) is 0 Å². The van der Waals surface area contributed by atoms with E-state index in [4.69, 9.17) is 0 Å². The van der Waals surface area contributed by atoms with Crippen LogP contribution in [0.3, 0.4) is 0 Å². The maximum Gasteiger partial charge on any atom is 0.190 e. The van der Waals surface area contributed by atoms with Gasteiger partial charge in [0.25, 0.3) is 0 Å². The van der Waals surface area contributed by atoms with Gasteiger partial charge in [-0.25, -0.2) is 0 Å². The maximum absolute atomic E-state index is 12.0. The average molecular weight is 318 g/mol. The molecule has 2 rings (SSSR count). The van der Waals surface area contributed by atoms with E-state index in [1.807, 2.05) is 12.1 Å². The van der Waals surface area contributed by atoms with Crippen molar-refractivity contribution in [2.45, 2.75) is 23.0 Å². The smallest absolute Gasteiger partial charge is 0.190 e. The molecule has 1 aromatic rings. The Morgan fingerprint density at radius 1 is 1.36 bits per heavy atom. The molecule has 0 amide bonds. The van der Waals surface area contributed by atoms with Crippen LogP contribution < -0.4 is 0 Å². The zero-order valence-electron chi connectivity index (χ0n) is 7.81. The van der Waals surface area contributed by atoms with E-state index >= 15 is 0 Å². The predicted molar refractivity (Wildman–Crippen MR) is 64.4 cm³/mol. The highest BCUT2D eigenvalue weighted by molar-refractivity contribution is 9.26. The number of carbonyl (C=O) groups excluding carboxylic acids is 1. The van der Waals surface area contributed by atoms with Gasteiger partial charge in [-0.3, -0.25) is 4.79 Å². The molecule has 0 aliphatic heterocycles. The summed E-state index contributed by atoms with van der Waals surface area (Å²) in [6.07, 6.45) is 1.75. The zero-order valence-corrected chi connectivity index (χ0v) is 11.0. The van der Waals surface area contributed by atoms with Crippen molar-refractivity contribution in [2.75, 3.05) is 0 Å². The van der Waals surface area contributed by atoms with Gasteiger partial charge in [0.1, 0.15) is 3.23 Å². The van der Waals surface area contributed by atoms with Gasteiger partial charge in [0.2, 0.25) is 0 Å². The molecule has 0 bridgehead atoms. The molecule has 0 spiro atoms. The van der Waals surface area contributed by atoms with E-state index in [1.165, 1.54) is 11.1 Å². The topological polar surface area (TPSA) is 17.1 Å². The van der Waals surface area contributed by atoms with Gasteiger partial charge in [-0.1, -0.05) is 55.6 Å². The second-order valence-electron chi connectivity index (χ2n) is 3.69. The molecular weight excluding hydrogens is 308 g/mol. The van der Waals surface area contributed by atoms with Crippen molar-refractivity contribution < 1.29 is 4.79 Å². The molecule has 0 heterocycles. The Labute approximate surface area is 100 Å². The Morgan fingerprint density at radius 3 is 2.79 bits per heavy atom. The monoisotopic (exact) mass is 316 g/mol.